The van der Waals surface area contributed by atoms with E-state index in [0.717, 1.165) is 0 Å². The molecule has 0 atom stereocenters. The van der Waals surface area contributed by atoms with Gasteiger partial charge in [0.05, 0.1) is 12.1 Å². The van der Waals surface area contributed by atoms with Gasteiger partial charge in [0, 0.05) is 0 Å². The first-order valence-corrected chi connectivity index (χ1v) is 5.61. The topological polar surface area (TPSA) is 38.3 Å². The summed E-state index contributed by atoms with van der Waals surface area (Å²) >= 11 is 0. The lowest BCUT2D eigenvalue weighted by molar-refractivity contribution is -0.117. The van der Waals surface area contributed by atoms with Crippen molar-refractivity contribution in [3.63, 3.8) is 0 Å². The maximum absolute atomic E-state index is 11.4. The average molecular weight is 223 g/mol. The van der Waals surface area contributed by atoms with Crippen LogP contribution in [0.1, 0.15) is 27.2 Å². The van der Waals surface area contributed by atoms with E-state index in [4.69, 9.17) is 4.74 Å². The summed E-state index contributed by atoms with van der Waals surface area (Å²) in [5.41, 5.74) is 0.496. The average Bonchev–Trinajstić information content (AvgIpc) is 2.42. The van der Waals surface area contributed by atoms with Crippen LogP contribution in [0, 0.1) is 0 Å². The van der Waals surface area contributed by atoms with Crippen molar-refractivity contribution in [2.75, 3.05) is 13.2 Å². The molecule has 0 aromatic rings. The molecule has 0 aromatic heterocycles. The second-order valence-electron chi connectivity index (χ2n) is 3.29. The molecule has 0 aliphatic carbocycles. The fraction of sp³-hybridized carbons (Fsp3) is 0.462. The van der Waals surface area contributed by atoms with Gasteiger partial charge in [0.15, 0.2) is 0 Å². The van der Waals surface area contributed by atoms with Gasteiger partial charge in [0.2, 0.25) is 0 Å². The van der Waals surface area contributed by atoms with Crippen LogP contribution in [0.25, 0.3) is 0 Å². The smallest absolute Gasteiger partial charge is 0.255 e. The highest BCUT2D eigenvalue weighted by atomic mass is 16.5. The maximum Gasteiger partial charge on any atom is 0.255 e. The van der Waals surface area contributed by atoms with Crippen LogP contribution in [0.2, 0.25) is 0 Å². The normalized spacial score (nSPS) is 15.8. The first-order chi connectivity index (χ1) is 7.71. The number of rotatable bonds is 2. The minimum Gasteiger partial charge on any atom is -0.491 e. The number of carbonyl (C=O) groups excluding carboxylic acids is 1. The largest absolute Gasteiger partial charge is 0.491 e. The fourth-order valence-electron chi connectivity index (χ4n) is 1.09. The van der Waals surface area contributed by atoms with Crippen LogP contribution in [0.15, 0.2) is 36.1 Å². The molecule has 0 radical (unpaired) electrons. The molecule has 3 heteroatoms. The van der Waals surface area contributed by atoms with E-state index in [2.05, 4.69) is 25.7 Å². The molecule has 1 N–H and O–H groups in total. The summed E-state index contributed by atoms with van der Waals surface area (Å²) in [7, 11) is 0. The number of amides is 1. The van der Waals surface area contributed by atoms with Crippen LogP contribution in [0.5, 0.6) is 0 Å². The van der Waals surface area contributed by atoms with Crippen LogP contribution in [-0.4, -0.2) is 19.1 Å². The second kappa shape index (κ2) is 8.77. The lowest BCUT2D eigenvalue weighted by atomic mass is 10.2. The molecular formula is C13H21NO2. The van der Waals surface area contributed by atoms with Crippen molar-refractivity contribution in [3.05, 3.63) is 36.1 Å². The van der Waals surface area contributed by atoms with Gasteiger partial charge < -0.3 is 10.1 Å². The highest BCUT2D eigenvalue weighted by Gasteiger charge is 2.14. The molecule has 90 valence electrons. The molecule has 1 aliphatic rings. The van der Waals surface area contributed by atoms with E-state index in [9.17, 15) is 4.79 Å². The molecule has 1 rings (SSSR count). The molecule has 0 bridgehead atoms. The maximum atomic E-state index is 11.4. The first kappa shape index (κ1) is 14.5. The molecule has 0 saturated carbocycles. The van der Waals surface area contributed by atoms with E-state index in [1.807, 2.05) is 13.0 Å². The van der Waals surface area contributed by atoms with Crippen molar-refractivity contribution in [1.29, 1.82) is 0 Å². The summed E-state index contributed by atoms with van der Waals surface area (Å²) in [4.78, 5) is 11.4. The monoisotopic (exact) mass is 223 g/mol. The number of ether oxygens (including phenoxy) is 1. The van der Waals surface area contributed by atoms with Crippen LogP contribution in [-0.2, 0) is 9.53 Å². The lowest BCUT2D eigenvalue weighted by Gasteiger charge is -2.03. The van der Waals surface area contributed by atoms with E-state index >= 15 is 0 Å². The van der Waals surface area contributed by atoms with E-state index in [1.165, 1.54) is 12.5 Å². The molecular weight excluding hydrogens is 202 g/mol. The van der Waals surface area contributed by atoms with Gasteiger partial charge in [-0.2, -0.15) is 0 Å². The Labute approximate surface area is 97.9 Å². The number of hydrogen-bond acceptors (Lipinski definition) is 2. The summed E-state index contributed by atoms with van der Waals surface area (Å²) in [6.45, 7) is 10.7. The van der Waals surface area contributed by atoms with E-state index < -0.39 is 0 Å². The number of hydrogen-bond donors (Lipinski definition) is 1. The van der Waals surface area contributed by atoms with E-state index in [-0.39, 0.29) is 5.91 Å². The third kappa shape index (κ3) is 4.82. The van der Waals surface area contributed by atoms with Gasteiger partial charge >= 0.3 is 0 Å². The molecule has 0 saturated heterocycles. The van der Waals surface area contributed by atoms with Crippen molar-refractivity contribution in [2.45, 2.75) is 27.2 Å². The zero-order chi connectivity index (χ0) is 12.4. The predicted molar refractivity (Wildman–Crippen MR) is 67.0 cm³/mol. The Morgan fingerprint density at radius 2 is 2.12 bits per heavy atom. The third-order valence-corrected chi connectivity index (χ3v) is 1.68. The Bertz CT molecular complexity index is 290. The van der Waals surface area contributed by atoms with Crippen LogP contribution in [0.3, 0.4) is 0 Å². The molecule has 1 heterocycles. The minimum absolute atomic E-state index is 0.124. The van der Waals surface area contributed by atoms with Gasteiger partial charge in [-0.15, -0.1) is 0 Å². The lowest BCUT2D eigenvalue weighted by Crippen LogP contribution is -2.25. The Kier molecular flexibility index (Phi) is 7.94. The molecule has 1 aliphatic heterocycles. The molecule has 16 heavy (non-hydrogen) atoms. The highest BCUT2D eigenvalue weighted by Crippen LogP contribution is 2.11. The summed E-state index contributed by atoms with van der Waals surface area (Å²) in [5.74, 6) is 0.466. The van der Waals surface area contributed by atoms with Crippen LogP contribution >= 0.6 is 0 Å². The number of nitrogens with one attached hydrogen (secondary N) is 1. The van der Waals surface area contributed by atoms with Crippen molar-refractivity contribution >= 4 is 5.91 Å². The minimum atomic E-state index is -0.124. The Morgan fingerprint density at radius 3 is 2.62 bits per heavy atom. The van der Waals surface area contributed by atoms with Crippen LogP contribution < -0.4 is 5.32 Å². The summed E-state index contributed by atoms with van der Waals surface area (Å²) < 4.78 is 5.36. The van der Waals surface area contributed by atoms with Gasteiger partial charge in [0.25, 0.3) is 5.91 Å². The molecule has 0 unspecified atom stereocenters. The van der Waals surface area contributed by atoms with Gasteiger partial charge in [-0.25, -0.2) is 0 Å². The Balaban J connectivity index is 0.000000673. The van der Waals surface area contributed by atoms with Crippen molar-refractivity contribution < 1.29 is 9.53 Å². The fourth-order valence-corrected chi connectivity index (χ4v) is 1.09. The highest BCUT2D eigenvalue weighted by molar-refractivity contribution is 5.97. The summed E-state index contributed by atoms with van der Waals surface area (Å²) in [6.07, 6.45) is 6.36. The zero-order valence-electron chi connectivity index (χ0n) is 10.4. The number of allylic oxidation sites excluding steroid dienone is 2. The SMILES string of the molecule is C=CC1=C(/C=C\C)OCCNC1=O.CCC. The third-order valence-electron chi connectivity index (χ3n) is 1.68. The predicted octanol–water partition coefficient (Wildman–Crippen LogP) is 2.57. The zero-order valence-corrected chi connectivity index (χ0v) is 10.4. The Morgan fingerprint density at radius 1 is 1.50 bits per heavy atom. The quantitative estimate of drug-likeness (QED) is 0.781. The molecule has 0 spiro atoms. The molecule has 0 aromatic carbocycles. The molecule has 0 fully saturated rings. The van der Waals surface area contributed by atoms with Crippen molar-refractivity contribution in [1.82, 2.24) is 5.32 Å². The molecule has 1 amide bonds. The Hall–Kier alpha value is -1.51. The van der Waals surface area contributed by atoms with Crippen LogP contribution in [0.4, 0.5) is 0 Å². The van der Waals surface area contributed by atoms with E-state index in [1.54, 1.807) is 6.08 Å². The number of carbonyl (C=O) groups is 1. The van der Waals surface area contributed by atoms with Gasteiger partial charge in [-0.3, -0.25) is 4.79 Å². The summed E-state index contributed by atoms with van der Waals surface area (Å²) in [6, 6.07) is 0. The van der Waals surface area contributed by atoms with Gasteiger partial charge in [0.1, 0.15) is 12.4 Å². The second-order valence-corrected chi connectivity index (χ2v) is 3.29. The first-order valence-electron chi connectivity index (χ1n) is 5.61. The summed E-state index contributed by atoms with van der Waals surface area (Å²) in [5, 5.41) is 2.71. The van der Waals surface area contributed by atoms with Crippen molar-refractivity contribution in [3.8, 4) is 0 Å². The van der Waals surface area contributed by atoms with Gasteiger partial charge in [-0.1, -0.05) is 39.0 Å². The van der Waals surface area contributed by atoms with Gasteiger partial charge in [-0.05, 0) is 13.0 Å². The van der Waals surface area contributed by atoms with E-state index in [0.29, 0.717) is 24.5 Å². The molecule has 3 nitrogen and oxygen atoms in total. The standard InChI is InChI=1S/C10H13NO2.C3H8/c1-3-5-9-8(4-2)10(12)11-6-7-13-9;1-3-2/h3-5H,2,6-7H2,1H3,(H,11,12);3H2,1-2H3/b5-3-;. The van der Waals surface area contributed by atoms with Crippen molar-refractivity contribution in [2.24, 2.45) is 0 Å².